The third kappa shape index (κ3) is 28.8. The van der Waals surface area contributed by atoms with Gasteiger partial charge in [0.05, 0.1) is 23.2 Å². The van der Waals surface area contributed by atoms with Crippen molar-refractivity contribution in [2.45, 2.75) is 268 Å². The number of hydrogen-bond acceptors (Lipinski definition) is 19. The molecule has 2 aromatic carbocycles. The number of amides is 13. The number of halogens is 3. The smallest absolute Gasteiger partial charge is 0.246 e. The van der Waals surface area contributed by atoms with E-state index in [0.29, 0.717) is 32.0 Å². The van der Waals surface area contributed by atoms with E-state index in [0.717, 1.165) is 15.9 Å². The molecule has 5 rings (SSSR count). The molecule has 0 saturated carbocycles. The first-order valence-electron chi connectivity index (χ1n) is 43.8. The Balaban J connectivity index is 0.0000333. The number of ketones is 1. The van der Waals surface area contributed by atoms with Gasteiger partial charge in [0.2, 0.25) is 76.8 Å². The lowest BCUT2D eigenvalue weighted by Gasteiger charge is -2.41. The maximum Gasteiger partial charge on any atom is 0.246 e. The molecule has 2 fully saturated rings. The summed E-state index contributed by atoms with van der Waals surface area (Å²) < 4.78 is 32.1. The molecule has 3 aromatic rings. The fraction of sp³-hybridized carbons (Fsp3) is 0.670. The van der Waals surface area contributed by atoms with Crippen molar-refractivity contribution in [3.05, 3.63) is 59.4 Å². The number of piperazine rings is 1. The number of aliphatic hydroxyl groups excluding tert-OH is 1. The van der Waals surface area contributed by atoms with Gasteiger partial charge in [0.15, 0.2) is 5.82 Å². The van der Waals surface area contributed by atoms with Crippen LogP contribution in [0.1, 0.15) is 201 Å². The highest BCUT2D eigenvalue weighted by atomic mass is 35.5. The molecule has 2 aliphatic heterocycles. The van der Waals surface area contributed by atoms with Gasteiger partial charge in [-0.05, 0) is 137 Å². The number of aliphatic hydroxyl groups is 1. The van der Waals surface area contributed by atoms with Crippen molar-refractivity contribution in [2.75, 3.05) is 93.5 Å². The molecule has 12 atom stereocenters. The van der Waals surface area contributed by atoms with Crippen LogP contribution in [-0.2, 0) is 73.5 Å². The number of hydrogen-bond donors (Lipinski definition) is 7. The van der Waals surface area contributed by atoms with Crippen LogP contribution in [0.5, 0.6) is 5.75 Å². The number of nitrogens with one attached hydrogen (secondary N) is 5. The highest BCUT2D eigenvalue weighted by Gasteiger charge is 2.46. The molecule has 35 heteroatoms. The maximum atomic E-state index is 16.8. The van der Waals surface area contributed by atoms with Crippen LogP contribution >= 0.6 is 11.6 Å². The van der Waals surface area contributed by atoms with Gasteiger partial charge in [-0.25, -0.2) is 18.7 Å². The highest BCUT2D eigenvalue weighted by Crippen LogP contribution is 2.43. The number of likely N-dealkylation sites (N-methyl/N-ethyl adjacent to an activating group) is 7. The summed E-state index contributed by atoms with van der Waals surface area (Å²) >= 11 is 6.66. The molecule has 0 radical (unpaired) electrons. The van der Waals surface area contributed by atoms with Gasteiger partial charge in [-0.15, -0.1) is 0 Å². The second-order valence-electron chi connectivity index (χ2n) is 36.1. The van der Waals surface area contributed by atoms with Gasteiger partial charge in [0, 0.05) is 119 Å². The minimum Gasteiger partial charge on any atom is -0.507 e. The molecule has 0 unspecified atom stereocenters. The number of aromatic nitrogens is 2. The standard InChI is InChI=1S/C90H139ClF2N16O16.CH4/c1-25-62-86(121)101(18)48-71(114)102(19)63(43-49(3)4)83(118)100-75(53(11)12)89(124)103(20)64(44-50(5)6)82(117)95-56(16)81(116)96-57(17)85(120)104(21)65(45-51(7)8)87(122)105(22)66(46-52(9)10)88(123)106(23)77(54(13)14)90(125)107(24)78(84(119)97-62)79(115)55(15)31-27-37-69(112)94-38-30-33-58(110)32-28-36-68-98-76-59(80(99-68)109-41-39-108(40-42-109)70(113)26-2)47-60(91)72(74(76)93)73-61(92)34-29-35-67(73)111;/h26,29,34-35,47,49-57,62-66,75,77-79,111,115H,2,25,27-28,30-33,36-46,48H2,1,3-24H3,(H,94,112)(H,95,117)(H,96,116)(H,97,119)(H,100,118);1H4/t55-,56+,57-,62+,63+,64+,65+,66+,75+,77+,78+,79-;/m1./s1. The maximum absolute atomic E-state index is 16.8. The number of anilines is 1. The van der Waals surface area contributed by atoms with E-state index in [1.54, 1.807) is 46.4 Å². The molecule has 0 bridgehead atoms. The van der Waals surface area contributed by atoms with Crippen molar-refractivity contribution in [3.8, 4) is 16.9 Å². The topological polar surface area (TPSA) is 395 Å². The van der Waals surface area contributed by atoms with Crippen molar-refractivity contribution in [2.24, 2.45) is 41.4 Å². The van der Waals surface area contributed by atoms with E-state index in [1.807, 2.05) is 60.3 Å². The van der Waals surface area contributed by atoms with Gasteiger partial charge in [-0.2, -0.15) is 0 Å². The summed E-state index contributed by atoms with van der Waals surface area (Å²) in [6.07, 6.45) is 0.672. The monoisotopic (exact) mass is 1790 g/mol. The lowest BCUT2D eigenvalue weighted by atomic mass is 9.90. The van der Waals surface area contributed by atoms with E-state index in [2.05, 4.69) is 38.1 Å². The predicted octanol–water partition coefficient (Wildman–Crippen LogP) is 7.68. The zero-order valence-electron chi connectivity index (χ0n) is 77.6. The van der Waals surface area contributed by atoms with Gasteiger partial charge in [0.25, 0.3) is 0 Å². The fourth-order valence-corrected chi connectivity index (χ4v) is 16.2. The molecule has 7 N–H and O–H groups in total. The van der Waals surface area contributed by atoms with E-state index in [1.165, 1.54) is 112 Å². The number of Topliss-reactive ketones (excluding diaryl/α,β-unsaturated/α-hetero) is 1. The molecule has 1 aromatic heterocycles. The predicted molar refractivity (Wildman–Crippen MR) is 480 cm³/mol. The number of carbonyl (C=O) groups is 14. The molecule has 3 heterocycles. The molecule has 0 aliphatic carbocycles. The third-order valence-corrected chi connectivity index (χ3v) is 23.7. The van der Waals surface area contributed by atoms with Crippen molar-refractivity contribution in [1.29, 1.82) is 0 Å². The first kappa shape index (κ1) is 108. The zero-order chi connectivity index (χ0) is 94.4. The Labute approximate surface area is 748 Å². The van der Waals surface area contributed by atoms with Crippen LogP contribution in [0.4, 0.5) is 14.6 Å². The van der Waals surface area contributed by atoms with E-state index < -0.39 is 190 Å². The molecule has 2 aliphatic rings. The normalized spacial score (nSPS) is 22.5. The number of fused-ring (bicyclic) bond motifs is 1. The average molecular weight is 1790 g/mol. The third-order valence-electron chi connectivity index (χ3n) is 23.4. The Bertz CT molecular complexity index is 4310. The Morgan fingerprint density at radius 1 is 0.587 bits per heavy atom. The SMILES string of the molecule is C.C=CC(=O)N1CCN(c2nc(CCCC(=O)CCCNC(=O)CCC[C@@H](C)[C@@H](O)[C@H]3C(=O)N[C@@H](CC)C(=O)N(C)CC(=O)N(C)[C@@H](CC(C)C)C(=O)N[C@@H](C(C)C)C(=O)N(C)[C@@H](CC(C)C)C(=O)N[C@@H](C)C(=O)N[C@H](C)C(=O)N(C)[C@@H](CC(C)C)C(=O)N(C)[C@@H](CC(C)C)C(=O)N(C)[C@@H](C(C)C)C(=O)N3C)nc3c(F)c(-c4c(O)cccc4F)c(Cl)cc23)CC1. The van der Waals surface area contributed by atoms with Crippen LogP contribution in [0.2, 0.25) is 5.02 Å². The van der Waals surface area contributed by atoms with Crippen molar-refractivity contribution in [3.63, 3.8) is 0 Å². The Morgan fingerprint density at radius 3 is 1.64 bits per heavy atom. The van der Waals surface area contributed by atoms with Gasteiger partial charge in [-0.1, -0.05) is 129 Å². The summed E-state index contributed by atoms with van der Waals surface area (Å²) in [7, 11) is 9.61. The van der Waals surface area contributed by atoms with E-state index in [9.17, 15) is 58.2 Å². The van der Waals surface area contributed by atoms with E-state index in [-0.39, 0.29) is 155 Å². The summed E-state index contributed by atoms with van der Waals surface area (Å²) in [4.78, 5) is 224. The van der Waals surface area contributed by atoms with Crippen LogP contribution in [-0.4, -0.2) is 297 Å². The Morgan fingerprint density at radius 2 is 1.10 bits per heavy atom. The molecular weight excluding hydrogens is 1650 g/mol. The quantitative estimate of drug-likeness (QED) is 0.0270. The summed E-state index contributed by atoms with van der Waals surface area (Å²) in [5.41, 5.74) is -1.05. The fourth-order valence-electron chi connectivity index (χ4n) is 16.0. The number of phenolic OH excluding ortho intramolecular Hbond substituents is 1. The van der Waals surface area contributed by atoms with E-state index in [4.69, 9.17) is 16.6 Å². The first-order valence-corrected chi connectivity index (χ1v) is 44.2. The molecule has 126 heavy (non-hydrogen) atoms. The molecule has 0 spiro atoms. The number of benzene rings is 2. The van der Waals surface area contributed by atoms with Crippen LogP contribution < -0.4 is 31.5 Å². The lowest BCUT2D eigenvalue weighted by Crippen LogP contribution is -2.63. The summed E-state index contributed by atoms with van der Waals surface area (Å²) in [5, 5.41) is 37.1. The minimum atomic E-state index is -1.81. The van der Waals surface area contributed by atoms with Crippen molar-refractivity contribution >= 4 is 111 Å². The summed E-state index contributed by atoms with van der Waals surface area (Å²) in [5.74, 6) is -13.9. The van der Waals surface area contributed by atoms with Crippen LogP contribution in [0.25, 0.3) is 22.0 Å². The van der Waals surface area contributed by atoms with Crippen LogP contribution in [0.3, 0.4) is 0 Å². The van der Waals surface area contributed by atoms with Crippen molar-refractivity contribution < 1.29 is 86.1 Å². The number of aromatic hydroxyl groups is 1. The number of rotatable bonds is 28. The van der Waals surface area contributed by atoms with Gasteiger partial charge in [-0.3, -0.25) is 67.1 Å². The van der Waals surface area contributed by atoms with Crippen LogP contribution in [0, 0.1) is 53.1 Å². The van der Waals surface area contributed by atoms with E-state index >= 15 is 28.0 Å². The second-order valence-corrected chi connectivity index (χ2v) is 36.5. The number of aryl methyl sites for hydroxylation is 1. The minimum absolute atomic E-state index is 0. The second kappa shape index (κ2) is 49.4. The average Bonchev–Trinajstić information content (AvgIpc) is 0.745. The molecule has 704 valence electrons. The van der Waals surface area contributed by atoms with Gasteiger partial charge < -0.3 is 80.9 Å². The molecule has 32 nitrogen and oxygen atoms in total. The summed E-state index contributed by atoms with van der Waals surface area (Å²) in [6.45, 7) is 31.7. The number of nitrogens with zero attached hydrogens (tertiary/aromatic N) is 11. The number of phenols is 1. The first-order chi connectivity index (χ1) is 58.4. The Hall–Kier alpha value is -9.99. The molecule has 13 amide bonds. The number of carbonyl (C=O) groups excluding carboxylic acids is 14. The van der Waals surface area contributed by atoms with Crippen LogP contribution in [0.15, 0.2) is 36.9 Å². The Kier molecular flexibility index (Phi) is 42.5. The van der Waals surface area contributed by atoms with Crippen molar-refractivity contribution in [1.82, 2.24) is 75.8 Å². The zero-order valence-corrected chi connectivity index (χ0v) is 78.3. The highest BCUT2D eigenvalue weighted by molar-refractivity contribution is 6.34. The van der Waals surface area contributed by atoms with Gasteiger partial charge in [0.1, 0.15) is 94.9 Å². The molecular formula is C91H143ClF2N16O16. The van der Waals surface area contributed by atoms with Gasteiger partial charge >= 0.3 is 0 Å². The lowest BCUT2D eigenvalue weighted by molar-refractivity contribution is -0.157. The largest absolute Gasteiger partial charge is 0.507 e. The molecule has 2 saturated heterocycles. The summed E-state index contributed by atoms with van der Waals surface area (Å²) in [6, 6.07) is -8.33.